The second-order valence-electron chi connectivity index (χ2n) is 10.5. The lowest BCUT2D eigenvalue weighted by molar-refractivity contribution is -0.139. The lowest BCUT2D eigenvalue weighted by atomic mass is 9.87. The van der Waals surface area contributed by atoms with Gasteiger partial charge in [0.15, 0.2) is 11.6 Å². The fraction of sp³-hybridized carbons (Fsp3) is 0.606. The predicted octanol–water partition coefficient (Wildman–Crippen LogP) is 8.50. The molecule has 1 aromatic carbocycles. The van der Waals surface area contributed by atoms with E-state index in [0.717, 1.165) is 76.1 Å². The number of aromatic nitrogens is 2. The molecule has 1 aliphatic rings. The number of rotatable bonds is 19. The van der Waals surface area contributed by atoms with Crippen LogP contribution < -0.4 is 9.47 Å². The van der Waals surface area contributed by atoms with Gasteiger partial charge in [-0.15, -0.1) is 0 Å². The summed E-state index contributed by atoms with van der Waals surface area (Å²) in [4.78, 5) is 21.5. The maximum Gasteiger partial charge on any atom is 0.314 e. The lowest BCUT2D eigenvalue weighted by Gasteiger charge is -2.20. The van der Waals surface area contributed by atoms with Gasteiger partial charge in [0.2, 0.25) is 0 Å². The van der Waals surface area contributed by atoms with E-state index in [0.29, 0.717) is 11.6 Å². The van der Waals surface area contributed by atoms with E-state index in [1.807, 2.05) is 31.2 Å². The van der Waals surface area contributed by atoms with Crippen LogP contribution >= 0.6 is 0 Å². The first-order valence-corrected chi connectivity index (χ1v) is 15.2. The molecule has 2 aromatic rings. The summed E-state index contributed by atoms with van der Waals surface area (Å²) in [6.07, 6.45) is 21.6. The minimum Gasteiger partial charge on any atom is -0.494 e. The molecule has 0 saturated carbocycles. The number of benzene rings is 1. The van der Waals surface area contributed by atoms with Gasteiger partial charge in [0, 0.05) is 18.8 Å². The molecule has 1 unspecified atom stereocenters. The summed E-state index contributed by atoms with van der Waals surface area (Å²) in [5, 5.41) is 0. The zero-order valence-corrected chi connectivity index (χ0v) is 24.2. The van der Waals surface area contributed by atoms with Gasteiger partial charge in [0.05, 0.1) is 24.9 Å². The Labute approximate surface area is 235 Å². The van der Waals surface area contributed by atoms with Crippen LogP contribution in [0.15, 0.2) is 48.3 Å². The van der Waals surface area contributed by atoms with Crippen molar-refractivity contribution in [3.63, 3.8) is 0 Å². The number of nitrogens with zero attached hydrogens (tertiary/aromatic N) is 2. The molecular weight excluding hydrogens is 488 g/mol. The molecule has 0 bridgehead atoms. The molecule has 214 valence electrons. The Morgan fingerprint density at radius 1 is 0.846 bits per heavy atom. The van der Waals surface area contributed by atoms with Crippen LogP contribution in [0.2, 0.25) is 0 Å². The molecule has 1 atom stereocenters. The van der Waals surface area contributed by atoms with Gasteiger partial charge in [-0.2, -0.15) is 0 Å². The van der Waals surface area contributed by atoms with Gasteiger partial charge in [-0.05, 0) is 76.1 Å². The van der Waals surface area contributed by atoms with Crippen molar-refractivity contribution in [1.29, 1.82) is 0 Å². The molecule has 0 fully saturated rings. The summed E-state index contributed by atoms with van der Waals surface area (Å²) >= 11 is 0. The highest BCUT2D eigenvalue weighted by molar-refractivity contribution is 5.75. The number of carbonyl (C=O) groups is 1. The standard InChI is InChI=1S/C33H48N2O4/c1-3-5-6-7-8-9-10-12-24-38-30-21-19-28(20-22-30)32-34-25-31(26-35-32)39-33(36)29-17-15-27(16-18-29)14-11-13-23-37-4-2/h15,19-22,25-26,29H,3-14,16-18,23-24H2,1-2H3. The topological polar surface area (TPSA) is 70.5 Å². The SMILES string of the molecule is CCCCCCCCCCOc1ccc(-c2ncc(OC(=O)C3CC=C(CCCCOCC)CC3)cn2)cc1. The van der Waals surface area contributed by atoms with Crippen molar-refractivity contribution >= 4 is 5.97 Å². The summed E-state index contributed by atoms with van der Waals surface area (Å²) in [6, 6.07) is 7.85. The number of carbonyl (C=O) groups excluding carboxylic acids is 1. The maximum atomic E-state index is 12.7. The second kappa shape index (κ2) is 18.5. The molecule has 0 N–H and O–H groups in total. The van der Waals surface area contributed by atoms with E-state index in [1.165, 1.54) is 50.5 Å². The predicted molar refractivity (Wildman–Crippen MR) is 157 cm³/mol. The molecule has 1 aromatic heterocycles. The van der Waals surface area contributed by atoms with Crippen molar-refractivity contribution in [3.8, 4) is 22.9 Å². The molecule has 3 rings (SSSR count). The molecule has 1 heterocycles. The monoisotopic (exact) mass is 536 g/mol. The fourth-order valence-corrected chi connectivity index (χ4v) is 4.87. The Morgan fingerprint density at radius 2 is 1.54 bits per heavy atom. The fourth-order valence-electron chi connectivity index (χ4n) is 4.87. The zero-order chi connectivity index (χ0) is 27.5. The van der Waals surface area contributed by atoms with Crippen molar-refractivity contribution in [2.75, 3.05) is 19.8 Å². The number of hydrogen-bond donors (Lipinski definition) is 0. The van der Waals surface area contributed by atoms with Crippen LogP contribution in [0.5, 0.6) is 11.5 Å². The summed E-state index contributed by atoms with van der Waals surface area (Å²) in [5.41, 5.74) is 2.35. The Kier molecular flexibility index (Phi) is 14.6. The minimum absolute atomic E-state index is 0.102. The van der Waals surface area contributed by atoms with E-state index in [1.54, 1.807) is 12.4 Å². The third-order valence-corrected chi connectivity index (χ3v) is 7.30. The smallest absolute Gasteiger partial charge is 0.314 e. The van der Waals surface area contributed by atoms with E-state index in [-0.39, 0.29) is 11.9 Å². The van der Waals surface area contributed by atoms with Crippen LogP contribution in [-0.2, 0) is 9.53 Å². The van der Waals surface area contributed by atoms with E-state index >= 15 is 0 Å². The zero-order valence-electron chi connectivity index (χ0n) is 24.2. The molecule has 0 aliphatic heterocycles. The van der Waals surface area contributed by atoms with Gasteiger partial charge >= 0.3 is 5.97 Å². The summed E-state index contributed by atoms with van der Waals surface area (Å²) in [5.74, 6) is 1.55. The molecule has 0 spiro atoms. The first-order chi connectivity index (χ1) is 19.2. The van der Waals surface area contributed by atoms with Gasteiger partial charge in [0.1, 0.15) is 5.75 Å². The normalized spacial score (nSPS) is 15.1. The van der Waals surface area contributed by atoms with Crippen molar-refractivity contribution < 1.29 is 19.0 Å². The van der Waals surface area contributed by atoms with E-state index < -0.39 is 0 Å². The highest BCUT2D eigenvalue weighted by atomic mass is 16.5. The average Bonchev–Trinajstić information content (AvgIpc) is 2.97. The van der Waals surface area contributed by atoms with E-state index in [2.05, 4.69) is 23.0 Å². The number of hydrogen-bond acceptors (Lipinski definition) is 6. The van der Waals surface area contributed by atoms with Gasteiger partial charge in [-0.3, -0.25) is 4.79 Å². The Bertz CT molecular complexity index is 972. The van der Waals surface area contributed by atoms with Crippen molar-refractivity contribution in [3.05, 3.63) is 48.3 Å². The minimum atomic E-state index is -0.198. The molecule has 1 aliphatic carbocycles. The van der Waals surface area contributed by atoms with Gasteiger partial charge in [-0.1, -0.05) is 63.5 Å². The van der Waals surface area contributed by atoms with Gasteiger partial charge in [0.25, 0.3) is 0 Å². The molecule has 0 amide bonds. The molecule has 39 heavy (non-hydrogen) atoms. The van der Waals surface area contributed by atoms with E-state index in [9.17, 15) is 4.79 Å². The molecule has 0 radical (unpaired) electrons. The number of unbranched alkanes of at least 4 members (excludes halogenated alkanes) is 8. The summed E-state index contributed by atoms with van der Waals surface area (Å²) in [7, 11) is 0. The van der Waals surface area contributed by atoms with Crippen LogP contribution in [0.3, 0.4) is 0 Å². The molecular formula is C33H48N2O4. The first kappa shape index (κ1) is 30.8. The highest BCUT2D eigenvalue weighted by Crippen LogP contribution is 2.28. The Morgan fingerprint density at radius 3 is 2.21 bits per heavy atom. The largest absolute Gasteiger partial charge is 0.494 e. The highest BCUT2D eigenvalue weighted by Gasteiger charge is 2.23. The lowest BCUT2D eigenvalue weighted by Crippen LogP contribution is -2.22. The quantitative estimate of drug-likeness (QED) is 0.102. The van der Waals surface area contributed by atoms with Crippen molar-refractivity contribution in [2.45, 2.75) is 104 Å². The average molecular weight is 537 g/mol. The van der Waals surface area contributed by atoms with Crippen LogP contribution in [0, 0.1) is 5.92 Å². The number of ether oxygens (including phenoxy) is 3. The number of allylic oxidation sites excluding steroid dienone is 2. The van der Waals surface area contributed by atoms with Crippen molar-refractivity contribution in [1.82, 2.24) is 9.97 Å². The molecule has 6 heteroatoms. The molecule has 0 saturated heterocycles. The first-order valence-electron chi connectivity index (χ1n) is 15.2. The van der Waals surface area contributed by atoms with Gasteiger partial charge < -0.3 is 14.2 Å². The van der Waals surface area contributed by atoms with Gasteiger partial charge in [-0.25, -0.2) is 9.97 Å². The van der Waals surface area contributed by atoms with Crippen LogP contribution in [-0.4, -0.2) is 35.8 Å². The third kappa shape index (κ3) is 11.9. The number of esters is 1. The van der Waals surface area contributed by atoms with Crippen molar-refractivity contribution in [2.24, 2.45) is 5.92 Å². The Balaban J connectivity index is 1.34. The van der Waals surface area contributed by atoms with Crippen LogP contribution in [0.25, 0.3) is 11.4 Å². The summed E-state index contributed by atoms with van der Waals surface area (Å²) < 4.78 is 16.9. The van der Waals surface area contributed by atoms with E-state index in [4.69, 9.17) is 14.2 Å². The van der Waals surface area contributed by atoms with Crippen LogP contribution in [0.4, 0.5) is 0 Å². The Hall–Kier alpha value is -2.73. The second-order valence-corrected chi connectivity index (χ2v) is 10.5. The molecule has 6 nitrogen and oxygen atoms in total. The third-order valence-electron chi connectivity index (χ3n) is 7.30. The van der Waals surface area contributed by atoms with Crippen LogP contribution in [0.1, 0.15) is 104 Å². The summed E-state index contributed by atoms with van der Waals surface area (Å²) in [6.45, 7) is 6.64. The maximum absolute atomic E-state index is 12.7.